The van der Waals surface area contributed by atoms with Gasteiger partial charge in [0.2, 0.25) is 0 Å². The van der Waals surface area contributed by atoms with Crippen molar-refractivity contribution in [3.05, 3.63) is 54.3 Å². The number of nitrogens with zero attached hydrogens (tertiary/aromatic N) is 1. The molecule has 0 spiro atoms. The number of hydrogen-bond donors (Lipinski definition) is 1. The molecule has 0 atom stereocenters. The molecule has 1 heterocycles. The standard InChI is InChI=1S/C16H12N2O2/c17-8-13-7-11(5-6-15(13)20-10-18)16-14-4-2-1-3-12(14)9-19-16/h1-7,9H,8,17H2. The third-order valence-electron chi connectivity index (χ3n) is 3.21. The Morgan fingerprint density at radius 3 is 2.85 bits per heavy atom. The Kier molecular flexibility index (Phi) is 3.12. The number of furan rings is 1. The number of fused-ring (bicyclic) bond motifs is 1. The molecule has 98 valence electrons. The van der Waals surface area contributed by atoms with Gasteiger partial charge in [0.25, 0.3) is 6.26 Å². The first-order chi connectivity index (χ1) is 9.83. The summed E-state index contributed by atoms with van der Waals surface area (Å²) in [5, 5.41) is 10.7. The van der Waals surface area contributed by atoms with Gasteiger partial charge in [0, 0.05) is 28.4 Å². The minimum absolute atomic E-state index is 0.295. The van der Waals surface area contributed by atoms with Gasteiger partial charge in [-0.15, -0.1) is 5.26 Å². The van der Waals surface area contributed by atoms with Crippen molar-refractivity contribution < 1.29 is 9.15 Å². The number of nitrogens with two attached hydrogens (primary N) is 1. The van der Waals surface area contributed by atoms with Crippen molar-refractivity contribution in [3.8, 4) is 23.3 Å². The third kappa shape index (κ3) is 2.00. The van der Waals surface area contributed by atoms with Gasteiger partial charge in [-0.3, -0.25) is 0 Å². The van der Waals surface area contributed by atoms with Gasteiger partial charge in [0.05, 0.1) is 6.26 Å². The van der Waals surface area contributed by atoms with E-state index in [1.165, 1.54) is 0 Å². The second-order valence-corrected chi connectivity index (χ2v) is 4.37. The third-order valence-corrected chi connectivity index (χ3v) is 3.21. The Hall–Kier alpha value is -2.77. The Balaban J connectivity index is 2.13. The first-order valence-corrected chi connectivity index (χ1v) is 6.19. The lowest BCUT2D eigenvalue weighted by Crippen LogP contribution is -1.99. The van der Waals surface area contributed by atoms with Crippen LogP contribution in [0, 0.1) is 11.5 Å². The van der Waals surface area contributed by atoms with Gasteiger partial charge in [-0.2, -0.15) is 0 Å². The van der Waals surface area contributed by atoms with E-state index in [1.807, 2.05) is 36.4 Å². The van der Waals surface area contributed by atoms with E-state index < -0.39 is 0 Å². The summed E-state index contributed by atoms with van der Waals surface area (Å²) in [4.78, 5) is 0. The average molecular weight is 264 g/mol. The molecular weight excluding hydrogens is 252 g/mol. The van der Waals surface area contributed by atoms with Crippen LogP contribution in [0.5, 0.6) is 5.75 Å². The van der Waals surface area contributed by atoms with E-state index in [0.717, 1.165) is 27.7 Å². The van der Waals surface area contributed by atoms with Crippen LogP contribution < -0.4 is 10.5 Å². The van der Waals surface area contributed by atoms with E-state index in [0.29, 0.717) is 12.3 Å². The average Bonchev–Trinajstić information content (AvgIpc) is 2.92. The molecule has 2 aromatic carbocycles. The smallest absolute Gasteiger partial charge is 0.292 e. The maximum atomic E-state index is 8.60. The largest absolute Gasteiger partial charge is 0.463 e. The molecular formula is C16H12N2O2. The molecule has 0 unspecified atom stereocenters. The fourth-order valence-electron chi connectivity index (χ4n) is 2.24. The summed E-state index contributed by atoms with van der Waals surface area (Å²) < 4.78 is 10.5. The predicted octanol–water partition coefficient (Wildman–Crippen LogP) is 3.42. The summed E-state index contributed by atoms with van der Waals surface area (Å²) >= 11 is 0. The van der Waals surface area contributed by atoms with Crippen molar-refractivity contribution in [2.75, 3.05) is 0 Å². The van der Waals surface area contributed by atoms with E-state index in [2.05, 4.69) is 0 Å². The van der Waals surface area contributed by atoms with Gasteiger partial charge in [0.15, 0.2) is 0 Å². The highest BCUT2D eigenvalue weighted by Gasteiger charge is 2.11. The van der Waals surface area contributed by atoms with Crippen molar-refractivity contribution in [2.45, 2.75) is 6.54 Å². The van der Waals surface area contributed by atoms with Crippen molar-refractivity contribution in [2.24, 2.45) is 5.73 Å². The lowest BCUT2D eigenvalue weighted by atomic mass is 10.0. The molecule has 0 saturated carbocycles. The fourth-order valence-corrected chi connectivity index (χ4v) is 2.24. The molecule has 3 rings (SSSR count). The molecule has 0 saturated heterocycles. The lowest BCUT2D eigenvalue weighted by molar-refractivity contribution is 0.500. The molecule has 0 bridgehead atoms. The zero-order valence-corrected chi connectivity index (χ0v) is 10.7. The van der Waals surface area contributed by atoms with Gasteiger partial charge in [0.1, 0.15) is 11.5 Å². The Morgan fingerprint density at radius 2 is 2.05 bits per heavy atom. The number of ether oxygens (including phenoxy) is 1. The molecule has 0 radical (unpaired) electrons. The summed E-state index contributed by atoms with van der Waals surface area (Å²) in [6, 6.07) is 13.4. The summed E-state index contributed by atoms with van der Waals surface area (Å²) in [5.74, 6) is 1.27. The molecule has 0 aliphatic rings. The van der Waals surface area contributed by atoms with Crippen LogP contribution in [-0.2, 0) is 6.54 Å². The molecule has 3 aromatic rings. The molecule has 0 amide bonds. The van der Waals surface area contributed by atoms with Crippen LogP contribution in [-0.4, -0.2) is 0 Å². The number of benzene rings is 2. The molecule has 2 N–H and O–H groups in total. The van der Waals surface area contributed by atoms with Crippen LogP contribution in [0.2, 0.25) is 0 Å². The summed E-state index contributed by atoms with van der Waals surface area (Å²) in [7, 11) is 0. The Labute approximate surface area is 116 Å². The molecule has 1 aromatic heterocycles. The number of nitriles is 1. The van der Waals surface area contributed by atoms with Gasteiger partial charge in [-0.25, -0.2) is 0 Å². The van der Waals surface area contributed by atoms with Crippen LogP contribution in [0.1, 0.15) is 5.56 Å². The van der Waals surface area contributed by atoms with Crippen LogP contribution in [0.3, 0.4) is 0 Å². The summed E-state index contributed by atoms with van der Waals surface area (Å²) in [5.41, 5.74) is 7.38. The van der Waals surface area contributed by atoms with Crippen LogP contribution >= 0.6 is 0 Å². The zero-order valence-electron chi connectivity index (χ0n) is 10.7. The van der Waals surface area contributed by atoms with Crippen molar-refractivity contribution in [3.63, 3.8) is 0 Å². The summed E-state index contributed by atoms with van der Waals surface area (Å²) in [6.07, 6.45) is 3.39. The highest BCUT2D eigenvalue weighted by molar-refractivity contribution is 5.94. The minimum Gasteiger partial charge on any atom is -0.463 e. The van der Waals surface area contributed by atoms with E-state index in [4.69, 9.17) is 20.1 Å². The highest BCUT2D eigenvalue weighted by atomic mass is 16.5. The second-order valence-electron chi connectivity index (χ2n) is 4.37. The predicted molar refractivity (Wildman–Crippen MR) is 75.8 cm³/mol. The second kappa shape index (κ2) is 5.08. The fraction of sp³-hybridized carbons (Fsp3) is 0.0625. The molecule has 0 fully saturated rings. The molecule has 4 nitrogen and oxygen atoms in total. The Morgan fingerprint density at radius 1 is 1.20 bits per heavy atom. The summed E-state index contributed by atoms with van der Waals surface area (Å²) in [6.45, 7) is 0.295. The van der Waals surface area contributed by atoms with Gasteiger partial charge in [-0.05, 0) is 18.2 Å². The molecule has 20 heavy (non-hydrogen) atoms. The quantitative estimate of drug-likeness (QED) is 0.736. The van der Waals surface area contributed by atoms with Crippen molar-refractivity contribution >= 4 is 10.8 Å². The minimum atomic E-state index is 0.295. The van der Waals surface area contributed by atoms with E-state index >= 15 is 0 Å². The van der Waals surface area contributed by atoms with Crippen molar-refractivity contribution in [1.82, 2.24) is 0 Å². The van der Waals surface area contributed by atoms with E-state index in [9.17, 15) is 0 Å². The normalized spacial score (nSPS) is 10.4. The monoisotopic (exact) mass is 264 g/mol. The van der Waals surface area contributed by atoms with Crippen molar-refractivity contribution in [1.29, 1.82) is 5.26 Å². The zero-order chi connectivity index (χ0) is 13.9. The molecule has 0 aliphatic carbocycles. The molecule has 4 heteroatoms. The number of rotatable bonds is 3. The maximum absolute atomic E-state index is 8.60. The van der Waals surface area contributed by atoms with Gasteiger partial charge >= 0.3 is 0 Å². The maximum Gasteiger partial charge on any atom is 0.292 e. The van der Waals surface area contributed by atoms with Crippen LogP contribution in [0.25, 0.3) is 22.1 Å². The van der Waals surface area contributed by atoms with E-state index in [-0.39, 0.29) is 0 Å². The SMILES string of the molecule is N#COc1ccc(-c2occ3ccccc23)cc1CN. The highest BCUT2D eigenvalue weighted by Crippen LogP contribution is 2.33. The topological polar surface area (TPSA) is 72.2 Å². The van der Waals surface area contributed by atoms with Gasteiger partial charge < -0.3 is 14.9 Å². The lowest BCUT2D eigenvalue weighted by Gasteiger charge is -2.06. The number of hydrogen-bond acceptors (Lipinski definition) is 4. The Bertz CT molecular complexity index is 800. The van der Waals surface area contributed by atoms with Gasteiger partial charge in [-0.1, -0.05) is 24.3 Å². The first-order valence-electron chi connectivity index (χ1n) is 6.19. The first kappa shape index (κ1) is 12.3. The van der Waals surface area contributed by atoms with E-state index in [1.54, 1.807) is 18.6 Å². The molecule has 0 aliphatic heterocycles. The van der Waals surface area contributed by atoms with Crippen LogP contribution in [0.4, 0.5) is 0 Å². The van der Waals surface area contributed by atoms with Crippen LogP contribution in [0.15, 0.2) is 53.1 Å².